The molecule has 2 unspecified atom stereocenters. The van der Waals surface area contributed by atoms with Crippen LogP contribution in [0, 0.1) is 23.7 Å². The molecular weight excluding hydrogens is 432 g/mol. The Balaban J connectivity index is 1.80. The lowest BCUT2D eigenvalue weighted by atomic mass is 9.53. The maximum absolute atomic E-state index is 13.4. The molecule has 2 fully saturated rings. The fourth-order valence-corrected chi connectivity index (χ4v) is 5.52. The summed E-state index contributed by atoms with van der Waals surface area (Å²) in [6.07, 6.45) is -0.143. The summed E-state index contributed by atoms with van der Waals surface area (Å²) in [6.45, 7) is 3.79. The number of nitrogens with two attached hydrogens (primary N) is 1. The van der Waals surface area contributed by atoms with Gasteiger partial charge in [0.25, 0.3) is 0 Å². The third-order valence-electron chi connectivity index (χ3n) is 7.01. The Morgan fingerprint density at radius 3 is 2.55 bits per heavy atom. The van der Waals surface area contributed by atoms with Gasteiger partial charge in [0.1, 0.15) is 12.4 Å². The minimum Gasteiger partial charge on any atom is -0.507 e. The largest absolute Gasteiger partial charge is 0.507 e. The number of hydrogen-bond donors (Lipinski definition) is 3. The van der Waals surface area contributed by atoms with Crippen LogP contribution in [-0.4, -0.2) is 57.2 Å². The first-order valence-corrected chi connectivity index (χ1v) is 10.7. The van der Waals surface area contributed by atoms with E-state index in [9.17, 15) is 34.2 Å². The van der Waals surface area contributed by atoms with Crippen LogP contribution in [0.2, 0.25) is 0 Å². The zero-order valence-electron chi connectivity index (χ0n) is 18.2. The highest BCUT2D eigenvalue weighted by atomic mass is 16.6. The molecule has 0 radical (unpaired) electrons. The van der Waals surface area contributed by atoms with E-state index in [1.807, 2.05) is 0 Å². The summed E-state index contributed by atoms with van der Waals surface area (Å²) >= 11 is 0. The predicted molar refractivity (Wildman–Crippen MR) is 112 cm³/mol. The summed E-state index contributed by atoms with van der Waals surface area (Å²) in [6, 6.07) is 2.92. The minimum atomic E-state index is -2.65. The fourth-order valence-electron chi connectivity index (χ4n) is 5.52. The minimum absolute atomic E-state index is 0.0395. The third kappa shape index (κ3) is 3.19. The van der Waals surface area contributed by atoms with Crippen molar-refractivity contribution in [3.05, 3.63) is 28.8 Å². The van der Waals surface area contributed by atoms with Crippen LogP contribution in [0.5, 0.6) is 5.75 Å². The second kappa shape index (κ2) is 7.87. The van der Waals surface area contributed by atoms with Gasteiger partial charge in [-0.1, -0.05) is 5.16 Å². The number of phenols is 1. The van der Waals surface area contributed by atoms with Gasteiger partial charge < -0.3 is 20.8 Å². The zero-order chi connectivity index (χ0) is 24.2. The number of rotatable bonds is 4. The molecule has 1 amide bonds. The number of Topliss-reactive ketones (excluding diaryl/α,β-unsaturated/α-hetero) is 4. The Morgan fingerprint density at radius 1 is 1.21 bits per heavy atom. The summed E-state index contributed by atoms with van der Waals surface area (Å²) in [5.41, 5.74) is 3.99. The molecule has 2 saturated carbocycles. The molecule has 3 aliphatic carbocycles. The fraction of sp³-hybridized carbons (Fsp3) is 0.478. The second-order valence-corrected chi connectivity index (χ2v) is 8.82. The summed E-state index contributed by atoms with van der Waals surface area (Å²) in [5, 5.41) is 25.6. The van der Waals surface area contributed by atoms with Crippen molar-refractivity contribution in [1.82, 2.24) is 0 Å². The smallest absolute Gasteiger partial charge is 0.235 e. The van der Waals surface area contributed by atoms with E-state index >= 15 is 0 Å². The number of amides is 1. The van der Waals surface area contributed by atoms with Gasteiger partial charge in [-0.3, -0.25) is 24.0 Å². The number of ketones is 4. The average Bonchev–Trinajstić information content (AvgIpc) is 2.74. The zero-order valence-corrected chi connectivity index (χ0v) is 18.2. The predicted octanol–water partition coefficient (Wildman–Crippen LogP) is 0.0874. The van der Waals surface area contributed by atoms with E-state index in [-0.39, 0.29) is 30.6 Å². The van der Waals surface area contributed by atoms with E-state index in [0.717, 1.165) is 0 Å². The van der Waals surface area contributed by atoms with Gasteiger partial charge in [-0.2, -0.15) is 0 Å². The third-order valence-corrected chi connectivity index (χ3v) is 7.01. The summed E-state index contributed by atoms with van der Waals surface area (Å²) < 4.78 is 0. The van der Waals surface area contributed by atoms with Crippen LogP contribution in [0.25, 0.3) is 0 Å². The highest BCUT2D eigenvalue weighted by Gasteiger charge is 2.66. The van der Waals surface area contributed by atoms with Crippen molar-refractivity contribution in [3.8, 4) is 5.75 Å². The molecule has 10 nitrogen and oxygen atoms in total. The summed E-state index contributed by atoms with van der Waals surface area (Å²) in [7, 11) is 0. The van der Waals surface area contributed by atoms with Crippen molar-refractivity contribution in [2.75, 3.05) is 6.61 Å². The van der Waals surface area contributed by atoms with Gasteiger partial charge >= 0.3 is 0 Å². The van der Waals surface area contributed by atoms with Crippen LogP contribution < -0.4 is 5.73 Å². The molecule has 33 heavy (non-hydrogen) atoms. The molecular formula is C23H24N2O8. The Bertz CT molecular complexity index is 1140. The van der Waals surface area contributed by atoms with E-state index in [1.165, 1.54) is 6.07 Å². The number of carbonyl (C=O) groups is 5. The summed E-state index contributed by atoms with van der Waals surface area (Å²) in [5.74, 6) is -10.3. The molecule has 5 atom stereocenters. The van der Waals surface area contributed by atoms with Gasteiger partial charge in [0.15, 0.2) is 34.7 Å². The highest BCUT2D eigenvalue weighted by molar-refractivity contribution is 6.31. The normalized spacial score (nSPS) is 31.5. The molecule has 1 aromatic rings. The molecule has 0 aromatic heterocycles. The van der Waals surface area contributed by atoms with Crippen molar-refractivity contribution in [1.29, 1.82) is 0 Å². The average molecular weight is 456 g/mol. The molecule has 0 spiro atoms. The van der Waals surface area contributed by atoms with Crippen LogP contribution in [0.3, 0.4) is 0 Å². The lowest BCUT2D eigenvalue weighted by Crippen LogP contribution is -2.68. The van der Waals surface area contributed by atoms with Gasteiger partial charge in [0.05, 0.1) is 17.2 Å². The molecule has 0 heterocycles. The van der Waals surface area contributed by atoms with Crippen LogP contribution in [0.15, 0.2) is 17.3 Å². The van der Waals surface area contributed by atoms with Crippen molar-refractivity contribution >= 4 is 34.8 Å². The lowest BCUT2D eigenvalue weighted by molar-refractivity contribution is -0.175. The van der Waals surface area contributed by atoms with Crippen molar-refractivity contribution in [2.24, 2.45) is 34.6 Å². The van der Waals surface area contributed by atoms with E-state index < -0.39 is 58.3 Å². The molecule has 4 rings (SSSR count). The van der Waals surface area contributed by atoms with Gasteiger partial charge in [-0.05, 0) is 50.3 Å². The van der Waals surface area contributed by atoms with Crippen LogP contribution in [0.1, 0.15) is 48.2 Å². The van der Waals surface area contributed by atoms with Gasteiger partial charge in [0.2, 0.25) is 5.91 Å². The van der Waals surface area contributed by atoms with E-state index in [0.29, 0.717) is 23.4 Å². The number of nitrogens with zero attached hydrogens (tertiary/aromatic N) is 1. The topological polar surface area (TPSA) is 173 Å². The maximum atomic E-state index is 13.4. The Morgan fingerprint density at radius 2 is 1.91 bits per heavy atom. The number of carbonyl (C=O) groups excluding carboxylic acids is 5. The van der Waals surface area contributed by atoms with Crippen LogP contribution in [-0.2, 0) is 30.4 Å². The number of primary amides is 1. The SMILES string of the molecule is CCON=C(C)c1ccc(O)c2c1C[C@H]1C[C@H]3CC(=O)C(C(N)=O)C(=O)[C@@]3(O)C(=O)C1C2=O. The first-order valence-electron chi connectivity index (χ1n) is 10.7. The van der Waals surface area contributed by atoms with Crippen LogP contribution >= 0.6 is 0 Å². The standard InChI is InChI=1S/C23H24N2O8/c1-3-33-25-9(2)12-4-5-14(26)17-13(12)7-10-6-11-8-15(27)18(22(24)31)21(30)23(11,32)20(29)16(10)19(17)28/h4-5,10-11,16,18,26,32H,3,6-8H2,1-2H3,(H2,24,31)/t10-,11+,16?,18?,23+/m1/s1. The van der Waals surface area contributed by atoms with Crippen molar-refractivity contribution in [3.63, 3.8) is 0 Å². The molecule has 0 saturated heterocycles. The van der Waals surface area contributed by atoms with E-state index in [1.54, 1.807) is 19.9 Å². The number of fused-ring (bicyclic) bond motifs is 3. The molecule has 3 aliphatic rings. The quantitative estimate of drug-likeness (QED) is 0.325. The number of aromatic hydroxyl groups is 1. The number of aliphatic hydroxyl groups is 1. The highest BCUT2D eigenvalue weighted by Crippen LogP contribution is 2.50. The number of benzene rings is 1. The maximum Gasteiger partial charge on any atom is 0.235 e. The van der Waals surface area contributed by atoms with Gasteiger partial charge in [-0.15, -0.1) is 0 Å². The van der Waals surface area contributed by atoms with Gasteiger partial charge in [0, 0.05) is 17.9 Å². The van der Waals surface area contributed by atoms with Crippen LogP contribution in [0.4, 0.5) is 0 Å². The Hall–Kier alpha value is -3.40. The first kappa shape index (κ1) is 22.8. The molecule has 1 aromatic carbocycles. The molecule has 10 heteroatoms. The lowest BCUT2D eigenvalue weighted by Gasteiger charge is -2.48. The van der Waals surface area contributed by atoms with Crippen molar-refractivity contribution < 1.29 is 39.0 Å². The Kier molecular flexibility index (Phi) is 5.44. The molecule has 0 aliphatic heterocycles. The molecule has 174 valence electrons. The number of oxime groups is 1. The van der Waals surface area contributed by atoms with E-state index in [2.05, 4.69) is 5.16 Å². The van der Waals surface area contributed by atoms with E-state index in [4.69, 9.17) is 10.6 Å². The molecule has 4 N–H and O–H groups in total. The number of hydrogen-bond acceptors (Lipinski definition) is 9. The number of phenolic OH excluding ortho intramolecular Hbond substituents is 1. The summed E-state index contributed by atoms with van der Waals surface area (Å²) in [4.78, 5) is 68.9. The molecule has 0 bridgehead atoms. The Labute approximate surface area is 188 Å². The monoisotopic (exact) mass is 456 g/mol. The first-order chi connectivity index (χ1) is 15.5. The second-order valence-electron chi connectivity index (χ2n) is 8.82. The van der Waals surface area contributed by atoms with Crippen molar-refractivity contribution in [2.45, 2.75) is 38.7 Å². The van der Waals surface area contributed by atoms with Gasteiger partial charge in [-0.25, -0.2) is 0 Å².